The molecule has 1 aromatic carbocycles. The molecule has 0 N–H and O–H groups in total. The van der Waals surface area contributed by atoms with E-state index in [0.29, 0.717) is 23.6 Å². The molecule has 0 unspecified atom stereocenters. The summed E-state index contributed by atoms with van der Waals surface area (Å²) in [5, 5.41) is 6.24. The average molecular weight is 398 g/mol. The van der Waals surface area contributed by atoms with Gasteiger partial charge in [0, 0.05) is 23.2 Å². The van der Waals surface area contributed by atoms with Crippen LogP contribution in [0.3, 0.4) is 0 Å². The maximum atomic E-state index is 13.4. The molecular formula is C22H27N3O2S. The highest BCUT2D eigenvalue weighted by Crippen LogP contribution is 2.33. The fourth-order valence-electron chi connectivity index (χ4n) is 4.60. The van der Waals surface area contributed by atoms with E-state index >= 15 is 0 Å². The van der Waals surface area contributed by atoms with E-state index in [-0.39, 0.29) is 11.5 Å². The summed E-state index contributed by atoms with van der Waals surface area (Å²) in [7, 11) is 0. The zero-order valence-corrected chi connectivity index (χ0v) is 17.8. The molecule has 4 rings (SSSR count). The van der Waals surface area contributed by atoms with Crippen molar-refractivity contribution >= 4 is 37.4 Å². The molecule has 148 valence electrons. The van der Waals surface area contributed by atoms with E-state index in [9.17, 15) is 9.59 Å². The maximum Gasteiger partial charge on any atom is 0.276 e. The molecule has 1 aliphatic rings. The summed E-state index contributed by atoms with van der Waals surface area (Å²) in [5.41, 5.74) is 0.652. The third-order valence-electron chi connectivity index (χ3n) is 5.75. The monoisotopic (exact) mass is 397 g/mol. The van der Waals surface area contributed by atoms with Crippen LogP contribution in [0.1, 0.15) is 45.3 Å². The van der Waals surface area contributed by atoms with Crippen molar-refractivity contribution in [1.29, 1.82) is 0 Å². The van der Waals surface area contributed by atoms with Crippen LogP contribution >= 0.6 is 11.3 Å². The van der Waals surface area contributed by atoms with E-state index < -0.39 is 6.04 Å². The molecular weight excluding hydrogens is 370 g/mol. The molecule has 1 amide bonds. The van der Waals surface area contributed by atoms with Gasteiger partial charge < -0.3 is 4.90 Å². The lowest BCUT2D eigenvalue weighted by Gasteiger charge is -2.36. The fraction of sp³-hybridized carbons (Fsp3) is 0.500. The molecule has 3 aromatic rings. The first kappa shape index (κ1) is 19.1. The zero-order valence-electron chi connectivity index (χ0n) is 16.9. The topological polar surface area (TPSA) is 55.2 Å². The Hall–Kier alpha value is -2.21. The van der Waals surface area contributed by atoms with Crippen molar-refractivity contribution in [2.45, 2.75) is 46.6 Å². The van der Waals surface area contributed by atoms with Gasteiger partial charge in [0.15, 0.2) is 0 Å². The summed E-state index contributed by atoms with van der Waals surface area (Å²) in [6.45, 7) is 9.78. The number of carbonyl (C=O) groups excluding carboxylic acids is 1. The molecule has 1 fully saturated rings. The predicted molar refractivity (Wildman–Crippen MR) is 115 cm³/mol. The Labute approximate surface area is 169 Å². The average Bonchev–Trinajstić information content (AvgIpc) is 3.06. The number of aromatic nitrogens is 2. The number of hydrogen-bond acceptors (Lipinski definition) is 4. The Morgan fingerprint density at radius 1 is 1.25 bits per heavy atom. The SMILES string of the molecule is CC[C@H](C(=O)N1C[C@@H](C)C[C@H](C)C1)n1nc(C)c2sc3ccccc3c2c1=O. The van der Waals surface area contributed by atoms with E-state index in [1.807, 2.05) is 43.0 Å². The predicted octanol–water partition coefficient (Wildman–Crippen LogP) is 4.38. The number of fused-ring (bicyclic) bond motifs is 3. The Bertz CT molecular complexity index is 1090. The summed E-state index contributed by atoms with van der Waals surface area (Å²) < 4.78 is 3.45. The van der Waals surface area contributed by atoms with Crippen LogP contribution in [0, 0.1) is 18.8 Å². The Morgan fingerprint density at radius 2 is 1.93 bits per heavy atom. The molecule has 0 saturated carbocycles. The van der Waals surface area contributed by atoms with Gasteiger partial charge in [-0.1, -0.05) is 39.0 Å². The Morgan fingerprint density at radius 3 is 2.61 bits per heavy atom. The number of hydrogen-bond donors (Lipinski definition) is 0. The summed E-state index contributed by atoms with van der Waals surface area (Å²) in [4.78, 5) is 28.7. The highest BCUT2D eigenvalue weighted by molar-refractivity contribution is 7.26. The minimum absolute atomic E-state index is 0.0220. The number of aryl methyl sites for hydroxylation is 1. The lowest BCUT2D eigenvalue weighted by Crippen LogP contribution is -2.47. The van der Waals surface area contributed by atoms with E-state index in [1.54, 1.807) is 11.3 Å². The normalized spacial score (nSPS) is 21.4. The highest BCUT2D eigenvalue weighted by atomic mass is 32.1. The van der Waals surface area contributed by atoms with Gasteiger partial charge in [0.05, 0.1) is 15.8 Å². The van der Waals surface area contributed by atoms with Crippen molar-refractivity contribution < 1.29 is 4.79 Å². The van der Waals surface area contributed by atoms with Crippen LogP contribution in [0.5, 0.6) is 0 Å². The third-order valence-corrected chi connectivity index (χ3v) is 7.03. The van der Waals surface area contributed by atoms with Crippen molar-refractivity contribution in [3.8, 4) is 0 Å². The van der Waals surface area contributed by atoms with E-state index in [4.69, 9.17) is 0 Å². The Kier molecular flexibility index (Phi) is 5.00. The molecule has 28 heavy (non-hydrogen) atoms. The smallest absolute Gasteiger partial charge is 0.276 e. The van der Waals surface area contributed by atoms with Crippen LogP contribution in [0.4, 0.5) is 0 Å². The zero-order chi connectivity index (χ0) is 20.0. The second kappa shape index (κ2) is 7.32. The molecule has 5 nitrogen and oxygen atoms in total. The summed E-state index contributed by atoms with van der Waals surface area (Å²) >= 11 is 1.60. The van der Waals surface area contributed by atoms with Crippen molar-refractivity contribution in [2.75, 3.05) is 13.1 Å². The van der Waals surface area contributed by atoms with E-state index in [0.717, 1.165) is 40.0 Å². The second-order valence-corrected chi connectivity index (χ2v) is 9.30. The standard InChI is InChI=1S/C22H27N3O2S/c1-5-17(21(26)24-11-13(2)10-14(3)12-24)25-22(27)19-16-8-6-7-9-18(16)28-20(19)15(4)23-25/h6-9,13-14,17H,5,10-12H2,1-4H3/t13-,14-,17+/m0/s1. The summed E-state index contributed by atoms with van der Waals surface area (Å²) in [5.74, 6) is 0.994. The van der Waals surface area contributed by atoms with Gasteiger partial charge in [-0.15, -0.1) is 11.3 Å². The number of likely N-dealkylation sites (tertiary alicyclic amines) is 1. The molecule has 0 radical (unpaired) electrons. The molecule has 1 aliphatic heterocycles. The van der Waals surface area contributed by atoms with Crippen LogP contribution in [0.25, 0.3) is 20.2 Å². The minimum Gasteiger partial charge on any atom is -0.340 e. The van der Waals surface area contributed by atoms with Gasteiger partial charge in [-0.3, -0.25) is 9.59 Å². The third kappa shape index (κ3) is 3.13. The number of thiophene rings is 1. The van der Waals surface area contributed by atoms with Crippen molar-refractivity contribution in [1.82, 2.24) is 14.7 Å². The highest BCUT2D eigenvalue weighted by Gasteiger charge is 2.32. The molecule has 0 spiro atoms. The maximum absolute atomic E-state index is 13.4. The molecule has 0 bridgehead atoms. The van der Waals surface area contributed by atoms with Gasteiger partial charge >= 0.3 is 0 Å². The van der Waals surface area contributed by atoms with Gasteiger partial charge in [-0.05, 0) is 37.7 Å². The molecule has 3 atom stereocenters. The van der Waals surface area contributed by atoms with Crippen molar-refractivity contribution in [3.05, 3.63) is 40.3 Å². The van der Waals surface area contributed by atoms with E-state index in [2.05, 4.69) is 18.9 Å². The van der Waals surface area contributed by atoms with Crippen LogP contribution in [0.15, 0.2) is 29.1 Å². The lowest BCUT2D eigenvalue weighted by molar-refractivity contribution is -0.138. The van der Waals surface area contributed by atoms with Gasteiger partial charge in [-0.25, -0.2) is 4.68 Å². The quantitative estimate of drug-likeness (QED) is 0.659. The van der Waals surface area contributed by atoms with Crippen LogP contribution < -0.4 is 5.56 Å². The van der Waals surface area contributed by atoms with Gasteiger partial charge in [0.1, 0.15) is 6.04 Å². The molecule has 1 saturated heterocycles. The van der Waals surface area contributed by atoms with Gasteiger partial charge in [0.2, 0.25) is 5.91 Å². The summed E-state index contributed by atoms with van der Waals surface area (Å²) in [6.07, 6.45) is 1.70. The number of rotatable bonds is 3. The molecule has 2 aromatic heterocycles. The van der Waals surface area contributed by atoms with Crippen molar-refractivity contribution in [3.63, 3.8) is 0 Å². The molecule has 3 heterocycles. The summed E-state index contributed by atoms with van der Waals surface area (Å²) in [6, 6.07) is 7.40. The largest absolute Gasteiger partial charge is 0.340 e. The Balaban J connectivity index is 1.82. The first-order valence-corrected chi connectivity index (χ1v) is 10.9. The molecule has 0 aliphatic carbocycles. The number of nitrogens with zero attached hydrogens (tertiary/aromatic N) is 3. The second-order valence-electron chi connectivity index (χ2n) is 8.25. The molecule has 6 heteroatoms. The minimum atomic E-state index is -0.549. The van der Waals surface area contributed by atoms with Crippen LogP contribution in [-0.2, 0) is 4.79 Å². The number of benzene rings is 1. The van der Waals surface area contributed by atoms with Gasteiger partial charge in [0.25, 0.3) is 5.56 Å². The first-order valence-electron chi connectivity index (χ1n) is 10.1. The number of amides is 1. The van der Waals surface area contributed by atoms with E-state index in [1.165, 1.54) is 4.68 Å². The van der Waals surface area contributed by atoms with Gasteiger partial charge in [-0.2, -0.15) is 5.10 Å². The number of carbonyl (C=O) groups is 1. The fourth-order valence-corrected chi connectivity index (χ4v) is 5.73. The van der Waals surface area contributed by atoms with Crippen LogP contribution in [-0.4, -0.2) is 33.7 Å². The van der Waals surface area contributed by atoms with Crippen molar-refractivity contribution in [2.24, 2.45) is 11.8 Å². The lowest BCUT2D eigenvalue weighted by atomic mass is 9.91. The number of piperidine rings is 1. The first-order chi connectivity index (χ1) is 13.4. The van der Waals surface area contributed by atoms with Crippen LogP contribution in [0.2, 0.25) is 0 Å².